The predicted molar refractivity (Wildman–Crippen MR) is 140 cm³/mol. The van der Waals surface area contributed by atoms with Gasteiger partial charge in [0.25, 0.3) is 0 Å². The van der Waals surface area contributed by atoms with E-state index in [1.807, 2.05) is 0 Å². The van der Waals surface area contributed by atoms with Gasteiger partial charge in [0, 0.05) is 9.90 Å². The van der Waals surface area contributed by atoms with Gasteiger partial charge in [0.1, 0.15) is 17.4 Å². The summed E-state index contributed by atoms with van der Waals surface area (Å²) >= 11 is 7.34. The molecule has 1 aliphatic heterocycles. The number of aryl methyl sites for hydroxylation is 1. The number of ketones is 1. The van der Waals surface area contributed by atoms with Gasteiger partial charge in [0.15, 0.2) is 5.78 Å². The van der Waals surface area contributed by atoms with Crippen LogP contribution >= 0.6 is 22.9 Å². The molecular weight excluding hydrogens is 502 g/mol. The molecule has 1 unspecified atom stereocenters. The lowest BCUT2D eigenvalue weighted by Gasteiger charge is -2.30. The third-order valence-corrected chi connectivity index (χ3v) is 8.02. The van der Waals surface area contributed by atoms with Crippen LogP contribution in [-0.2, 0) is 22.4 Å². The van der Waals surface area contributed by atoms with Crippen LogP contribution in [0.5, 0.6) is 5.75 Å². The van der Waals surface area contributed by atoms with Gasteiger partial charge in [-0.1, -0.05) is 11.6 Å². The summed E-state index contributed by atoms with van der Waals surface area (Å²) in [5.74, 6) is -0.110. The minimum atomic E-state index is -0.708. The number of carbonyl (C=O) groups is 3. The van der Waals surface area contributed by atoms with E-state index in [2.05, 4.69) is 16.0 Å². The molecule has 1 fully saturated rings. The quantitative estimate of drug-likeness (QED) is 0.407. The molecule has 8 nitrogen and oxygen atoms in total. The van der Waals surface area contributed by atoms with Crippen molar-refractivity contribution in [2.75, 3.05) is 31.6 Å². The number of anilines is 1. The van der Waals surface area contributed by atoms with Gasteiger partial charge < -0.3 is 20.1 Å². The Morgan fingerprint density at radius 1 is 1.14 bits per heavy atom. The lowest BCUT2D eigenvalue weighted by Crippen LogP contribution is -2.51. The zero-order valence-electron chi connectivity index (χ0n) is 20.4. The number of hydrogen-bond donors (Lipinski definition) is 3. The highest BCUT2D eigenvalue weighted by Gasteiger charge is 2.32. The number of halogens is 1. The summed E-state index contributed by atoms with van der Waals surface area (Å²) in [5.41, 5.74) is 1.42. The number of amides is 2. The number of esters is 1. The summed E-state index contributed by atoms with van der Waals surface area (Å²) in [6.45, 7) is 3.41. The van der Waals surface area contributed by atoms with Crippen molar-refractivity contribution < 1.29 is 23.9 Å². The van der Waals surface area contributed by atoms with E-state index in [0.717, 1.165) is 62.1 Å². The lowest BCUT2D eigenvalue weighted by atomic mass is 9.88. The second-order valence-electron chi connectivity index (χ2n) is 9.01. The van der Waals surface area contributed by atoms with Gasteiger partial charge >= 0.3 is 12.0 Å². The van der Waals surface area contributed by atoms with Crippen molar-refractivity contribution in [1.29, 1.82) is 0 Å². The molecule has 1 aromatic carbocycles. The molecule has 36 heavy (non-hydrogen) atoms. The first-order valence-corrected chi connectivity index (χ1v) is 13.7. The summed E-state index contributed by atoms with van der Waals surface area (Å²) in [5, 5.41) is 10.1. The van der Waals surface area contributed by atoms with Gasteiger partial charge in [-0.25, -0.2) is 9.59 Å². The Hall–Kier alpha value is -2.62. The molecule has 1 aliphatic carbocycles. The monoisotopic (exact) mass is 533 g/mol. The van der Waals surface area contributed by atoms with E-state index in [1.165, 1.54) is 11.3 Å². The van der Waals surface area contributed by atoms with Crippen LogP contribution in [0, 0.1) is 5.92 Å². The Bertz CT molecular complexity index is 1080. The van der Waals surface area contributed by atoms with E-state index in [9.17, 15) is 14.4 Å². The number of urea groups is 1. The van der Waals surface area contributed by atoms with Gasteiger partial charge in [-0.2, -0.15) is 0 Å². The van der Waals surface area contributed by atoms with Crippen molar-refractivity contribution in [3.05, 3.63) is 45.3 Å². The minimum Gasteiger partial charge on any atom is -0.486 e. The molecule has 2 aromatic rings. The van der Waals surface area contributed by atoms with Crippen LogP contribution in [0.15, 0.2) is 24.3 Å². The molecule has 0 spiro atoms. The maximum absolute atomic E-state index is 13.2. The summed E-state index contributed by atoms with van der Waals surface area (Å²) in [6.07, 6.45) is 5.26. The van der Waals surface area contributed by atoms with Crippen LogP contribution in [0.3, 0.4) is 0 Å². The van der Waals surface area contributed by atoms with E-state index >= 15 is 0 Å². The third-order valence-electron chi connectivity index (χ3n) is 6.56. The number of benzene rings is 1. The molecule has 10 heteroatoms. The molecule has 3 N–H and O–H groups in total. The number of thiophene rings is 1. The molecule has 1 saturated heterocycles. The van der Waals surface area contributed by atoms with Crippen LogP contribution in [0.25, 0.3) is 0 Å². The number of Topliss-reactive ketones (excluding diaryl/α,β-unsaturated/α-hetero) is 1. The van der Waals surface area contributed by atoms with E-state index < -0.39 is 18.0 Å². The number of hydrogen-bond acceptors (Lipinski definition) is 7. The predicted octanol–water partition coefficient (Wildman–Crippen LogP) is 4.59. The molecular formula is C26H32ClN3O5S. The number of rotatable bonds is 9. The average Bonchev–Trinajstić information content (AvgIpc) is 3.25. The average molecular weight is 534 g/mol. The summed E-state index contributed by atoms with van der Waals surface area (Å²) < 4.78 is 11.0. The first-order chi connectivity index (χ1) is 17.5. The summed E-state index contributed by atoms with van der Waals surface area (Å²) in [6, 6.07) is 5.57. The molecule has 0 bridgehead atoms. The van der Waals surface area contributed by atoms with E-state index in [0.29, 0.717) is 21.3 Å². The molecule has 194 valence electrons. The van der Waals surface area contributed by atoms with Crippen LogP contribution in [0.4, 0.5) is 9.80 Å². The first kappa shape index (κ1) is 26.4. The molecule has 1 aromatic heterocycles. The van der Waals surface area contributed by atoms with Gasteiger partial charge in [-0.15, -0.1) is 11.3 Å². The Kier molecular flexibility index (Phi) is 9.23. The third kappa shape index (κ3) is 6.57. The molecule has 2 amide bonds. The topological polar surface area (TPSA) is 106 Å². The zero-order chi connectivity index (χ0) is 25.5. The van der Waals surface area contributed by atoms with Gasteiger partial charge in [0.2, 0.25) is 0 Å². The van der Waals surface area contributed by atoms with Gasteiger partial charge in [0.05, 0.1) is 18.2 Å². The minimum absolute atomic E-state index is 0.0145. The fourth-order valence-electron chi connectivity index (χ4n) is 4.77. The SMILES string of the molecule is CCOC(=O)c1c(NC(=O)NC(C(=O)COc2ccc(Cl)cc2)C2CCNCC2)sc2c1CCCC2. The number of carbonyl (C=O) groups excluding carboxylic acids is 3. The highest BCUT2D eigenvalue weighted by atomic mass is 35.5. The lowest BCUT2D eigenvalue weighted by molar-refractivity contribution is -0.124. The maximum Gasteiger partial charge on any atom is 0.341 e. The normalized spacial score (nSPS) is 16.5. The van der Waals surface area contributed by atoms with E-state index in [-0.39, 0.29) is 24.9 Å². The number of fused-ring (bicyclic) bond motifs is 1. The van der Waals surface area contributed by atoms with Crippen LogP contribution in [0.1, 0.15) is 53.4 Å². The smallest absolute Gasteiger partial charge is 0.341 e. The molecule has 1 atom stereocenters. The highest BCUT2D eigenvalue weighted by Crippen LogP contribution is 2.38. The van der Waals surface area contributed by atoms with Crippen molar-refractivity contribution in [3.63, 3.8) is 0 Å². The number of piperidine rings is 1. The zero-order valence-corrected chi connectivity index (χ0v) is 21.9. The highest BCUT2D eigenvalue weighted by molar-refractivity contribution is 7.17. The number of ether oxygens (including phenoxy) is 2. The Labute approximate surface area is 220 Å². The molecule has 0 saturated carbocycles. The van der Waals surface area contributed by atoms with Crippen LogP contribution in [-0.4, -0.2) is 50.1 Å². The maximum atomic E-state index is 13.2. The van der Waals surface area contributed by atoms with Crippen LogP contribution in [0.2, 0.25) is 5.02 Å². The fraction of sp³-hybridized carbons (Fsp3) is 0.500. The summed E-state index contributed by atoms with van der Waals surface area (Å²) in [7, 11) is 0. The fourth-order valence-corrected chi connectivity index (χ4v) is 6.17. The van der Waals surface area contributed by atoms with Gasteiger partial charge in [-0.05, 0) is 94.3 Å². The van der Waals surface area contributed by atoms with Crippen molar-refractivity contribution in [2.45, 2.75) is 51.5 Å². The standard InChI is InChI=1S/C26H32ClN3O5S/c1-2-34-25(32)22-19-5-3-4-6-21(19)36-24(22)30-26(33)29-23(16-11-13-28-14-12-16)20(31)15-35-18-9-7-17(27)8-10-18/h7-10,16,23,28H,2-6,11-15H2,1H3,(H2,29,30,33). The second kappa shape index (κ2) is 12.6. The molecule has 0 radical (unpaired) electrons. The van der Waals surface area contributed by atoms with Crippen molar-refractivity contribution in [2.24, 2.45) is 5.92 Å². The first-order valence-electron chi connectivity index (χ1n) is 12.5. The Morgan fingerprint density at radius 3 is 2.58 bits per heavy atom. The van der Waals surface area contributed by atoms with Crippen molar-refractivity contribution in [1.82, 2.24) is 10.6 Å². The Balaban J connectivity index is 1.47. The largest absolute Gasteiger partial charge is 0.486 e. The molecule has 2 heterocycles. The van der Waals surface area contributed by atoms with Crippen LogP contribution < -0.4 is 20.7 Å². The second-order valence-corrected chi connectivity index (χ2v) is 10.5. The summed E-state index contributed by atoms with van der Waals surface area (Å²) in [4.78, 5) is 40.2. The van der Waals surface area contributed by atoms with Crippen molar-refractivity contribution >= 4 is 45.7 Å². The molecule has 2 aliphatic rings. The number of nitrogens with one attached hydrogen (secondary N) is 3. The molecule has 4 rings (SSSR count). The van der Waals surface area contributed by atoms with E-state index in [4.69, 9.17) is 21.1 Å². The Morgan fingerprint density at radius 2 is 1.86 bits per heavy atom. The van der Waals surface area contributed by atoms with Gasteiger partial charge in [-0.3, -0.25) is 10.1 Å². The van der Waals surface area contributed by atoms with Crippen molar-refractivity contribution in [3.8, 4) is 5.75 Å². The van der Waals surface area contributed by atoms with E-state index in [1.54, 1.807) is 31.2 Å².